The Hall–Kier alpha value is -1.82. The van der Waals surface area contributed by atoms with Crippen LogP contribution in [0, 0.1) is 12.8 Å². The predicted molar refractivity (Wildman–Crippen MR) is 76.9 cm³/mol. The van der Waals surface area contributed by atoms with Crippen molar-refractivity contribution in [3.63, 3.8) is 0 Å². The number of nitrogens with one attached hydrogen (secondary N) is 1. The summed E-state index contributed by atoms with van der Waals surface area (Å²) >= 11 is 0. The molecule has 2 rings (SSSR count). The highest BCUT2D eigenvalue weighted by Gasteiger charge is 2.30. The molecular formula is C15H22N2O4. The van der Waals surface area contributed by atoms with Crippen LogP contribution in [0.4, 0.5) is 0 Å². The molecule has 1 aromatic rings. The summed E-state index contributed by atoms with van der Waals surface area (Å²) in [5.74, 6) is 0.231. The lowest BCUT2D eigenvalue weighted by molar-refractivity contribution is -0.138. The van der Waals surface area contributed by atoms with Crippen molar-refractivity contribution in [2.45, 2.75) is 26.8 Å². The first kappa shape index (κ1) is 15.6. The predicted octanol–water partition coefficient (Wildman–Crippen LogP) is 1.20. The average Bonchev–Trinajstić information content (AvgIpc) is 2.90. The van der Waals surface area contributed by atoms with E-state index < -0.39 is 6.04 Å². The van der Waals surface area contributed by atoms with E-state index in [-0.39, 0.29) is 17.7 Å². The zero-order valence-corrected chi connectivity index (χ0v) is 12.7. The van der Waals surface area contributed by atoms with Crippen molar-refractivity contribution in [1.82, 2.24) is 10.2 Å². The molecular weight excluding hydrogens is 272 g/mol. The molecule has 2 heterocycles. The van der Waals surface area contributed by atoms with Gasteiger partial charge < -0.3 is 19.4 Å². The van der Waals surface area contributed by atoms with Gasteiger partial charge in [-0.05, 0) is 18.9 Å². The zero-order chi connectivity index (χ0) is 15.4. The standard InChI is InChI=1S/C15H22N2O4/c1-10(2)13(15(19)17-5-8-20-9-6-17)16-14(18)12-4-7-21-11(12)3/h4,7,10,13H,5-6,8-9H2,1-3H3,(H,16,18). The van der Waals surface area contributed by atoms with Crippen molar-refractivity contribution < 1.29 is 18.7 Å². The van der Waals surface area contributed by atoms with Gasteiger partial charge in [0.05, 0.1) is 25.0 Å². The molecule has 1 aromatic heterocycles. The number of rotatable bonds is 4. The highest BCUT2D eigenvalue weighted by Crippen LogP contribution is 2.12. The van der Waals surface area contributed by atoms with Gasteiger partial charge in [-0.15, -0.1) is 0 Å². The molecule has 0 bridgehead atoms. The van der Waals surface area contributed by atoms with Crippen LogP contribution in [0.15, 0.2) is 16.7 Å². The number of ether oxygens (including phenoxy) is 1. The molecule has 1 aliphatic rings. The van der Waals surface area contributed by atoms with E-state index in [0.29, 0.717) is 37.6 Å². The fraction of sp³-hybridized carbons (Fsp3) is 0.600. The maximum absolute atomic E-state index is 12.6. The highest BCUT2D eigenvalue weighted by molar-refractivity contribution is 5.98. The van der Waals surface area contributed by atoms with E-state index in [9.17, 15) is 9.59 Å². The number of hydrogen-bond donors (Lipinski definition) is 1. The Bertz CT molecular complexity index is 504. The number of carbonyl (C=O) groups is 2. The molecule has 1 N–H and O–H groups in total. The van der Waals surface area contributed by atoms with Crippen molar-refractivity contribution in [3.8, 4) is 0 Å². The monoisotopic (exact) mass is 294 g/mol. The number of morpholine rings is 1. The van der Waals surface area contributed by atoms with Crippen LogP contribution in [0.5, 0.6) is 0 Å². The molecule has 1 saturated heterocycles. The Morgan fingerprint density at radius 2 is 1.95 bits per heavy atom. The summed E-state index contributed by atoms with van der Waals surface area (Å²) in [6.45, 7) is 7.81. The fourth-order valence-electron chi connectivity index (χ4n) is 2.33. The first-order valence-corrected chi connectivity index (χ1v) is 7.22. The Kier molecular flexibility index (Phi) is 5.01. The van der Waals surface area contributed by atoms with Crippen molar-refractivity contribution in [3.05, 3.63) is 23.7 Å². The second-order valence-corrected chi connectivity index (χ2v) is 5.52. The Labute approximate surface area is 124 Å². The quantitative estimate of drug-likeness (QED) is 0.906. The Morgan fingerprint density at radius 3 is 2.48 bits per heavy atom. The summed E-state index contributed by atoms with van der Waals surface area (Å²) in [7, 11) is 0. The van der Waals surface area contributed by atoms with Gasteiger partial charge in [0.15, 0.2) is 0 Å². The first-order chi connectivity index (χ1) is 10.0. The van der Waals surface area contributed by atoms with Crippen molar-refractivity contribution in [1.29, 1.82) is 0 Å². The van der Waals surface area contributed by atoms with E-state index in [0.717, 1.165) is 0 Å². The van der Waals surface area contributed by atoms with E-state index in [4.69, 9.17) is 9.15 Å². The van der Waals surface area contributed by atoms with Gasteiger partial charge in [0, 0.05) is 13.1 Å². The molecule has 6 nitrogen and oxygen atoms in total. The SMILES string of the molecule is Cc1occc1C(=O)NC(C(=O)N1CCOCC1)C(C)C. The lowest BCUT2D eigenvalue weighted by Gasteiger charge is -2.32. The van der Waals surface area contributed by atoms with E-state index in [1.54, 1.807) is 17.9 Å². The van der Waals surface area contributed by atoms with Gasteiger partial charge in [0.2, 0.25) is 5.91 Å². The van der Waals surface area contributed by atoms with Crippen molar-refractivity contribution in [2.24, 2.45) is 5.92 Å². The van der Waals surface area contributed by atoms with Crippen LogP contribution in [0.25, 0.3) is 0 Å². The van der Waals surface area contributed by atoms with Gasteiger partial charge >= 0.3 is 0 Å². The zero-order valence-electron chi connectivity index (χ0n) is 12.7. The van der Waals surface area contributed by atoms with Gasteiger partial charge in [-0.1, -0.05) is 13.8 Å². The van der Waals surface area contributed by atoms with E-state index in [2.05, 4.69) is 5.32 Å². The van der Waals surface area contributed by atoms with Crippen molar-refractivity contribution in [2.75, 3.05) is 26.3 Å². The molecule has 0 aliphatic carbocycles. The van der Waals surface area contributed by atoms with Crippen LogP contribution in [-0.4, -0.2) is 49.1 Å². The number of furan rings is 1. The number of carbonyl (C=O) groups excluding carboxylic acids is 2. The summed E-state index contributed by atoms with van der Waals surface area (Å²) in [6.07, 6.45) is 1.47. The summed E-state index contributed by atoms with van der Waals surface area (Å²) in [4.78, 5) is 26.6. The molecule has 1 aliphatic heterocycles. The van der Waals surface area contributed by atoms with Gasteiger partial charge in [0.25, 0.3) is 5.91 Å². The molecule has 0 saturated carbocycles. The number of amides is 2. The molecule has 1 atom stereocenters. The second-order valence-electron chi connectivity index (χ2n) is 5.52. The molecule has 1 unspecified atom stereocenters. The third-order valence-electron chi connectivity index (χ3n) is 3.65. The summed E-state index contributed by atoms with van der Waals surface area (Å²) in [5, 5.41) is 2.83. The lowest BCUT2D eigenvalue weighted by atomic mass is 10.0. The van der Waals surface area contributed by atoms with Gasteiger partial charge in [-0.25, -0.2) is 0 Å². The maximum Gasteiger partial charge on any atom is 0.255 e. The Balaban J connectivity index is 2.06. The van der Waals surface area contributed by atoms with Gasteiger partial charge in [-0.2, -0.15) is 0 Å². The number of aryl methyl sites for hydroxylation is 1. The van der Waals surface area contributed by atoms with Crippen LogP contribution < -0.4 is 5.32 Å². The van der Waals surface area contributed by atoms with Crippen LogP contribution >= 0.6 is 0 Å². The third-order valence-corrected chi connectivity index (χ3v) is 3.65. The lowest BCUT2D eigenvalue weighted by Crippen LogP contribution is -2.53. The first-order valence-electron chi connectivity index (χ1n) is 7.22. The van der Waals surface area contributed by atoms with Gasteiger partial charge in [-0.3, -0.25) is 9.59 Å². The minimum absolute atomic E-state index is 0.0107. The van der Waals surface area contributed by atoms with Crippen molar-refractivity contribution >= 4 is 11.8 Å². The largest absolute Gasteiger partial charge is 0.469 e. The maximum atomic E-state index is 12.6. The summed E-state index contributed by atoms with van der Waals surface area (Å²) in [5.41, 5.74) is 0.468. The highest BCUT2D eigenvalue weighted by atomic mass is 16.5. The average molecular weight is 294 g/mol. The molecule has 2 amide bonds. The third kappa shape index (κ3) is 3.64. The molecule has 1 fully saturated rings. The molecule has 6 heteroatoms. The number of nitrogens with zero attached hydrogens (tertiary/aromatic N) is 1. The van der Waals surface area contributed by atoms with E-state index in [1.165, 1.54) is 6.26 Å². The van der Waals surface area contributed by atoms with E-state index >= 15 is 0 Å². The minimum Gasteiger partial charge on any atom is -0.469 e. The number of hydrogen-bond acceptors (Lipinski definition) is 4. The van der Waals surface area contributed by atoms with Gasteiger partial charge in [0.1, 0.15) is 11.8 Å². The van der Waals surface area contributed by atoms with Crippen LogP contribution in [0.3, 0.4) is 0 Å². The smallest absolute Gasteiger partial charge is 0.255 e. The van der Waals surface area contributed by atoms with Crippen LogP contribution in [-0.2, 0) is 9.53 Å². The normalized spacial score (nSPS) is 16.9. The molecule has 21 heavy (non-hydrogen) atoms. The fourth-order valence-corrected chi connectivity index (χ4v) is 2.33. The molecule has 0 spiro atoms. The van der Waals surface area contributed by atoms with E-state index in [1.807, 2.05) is 13.8 Å². The second kappa shape index (κ2) is 6.76. The van der Waals surface area contributed by atoms with Crippen LogP contribution in [0.2, 0.25) is 0 Å². The van der Waals surface area contributed by atoms with Crippen LogP contribution in [0.1, 0.15) is 30.0 Å². The molecule has 0 aromatic carbocycles. The molecule has 0 radical (unpaired) electrons. The summed E-state index contributed by atoms with van der Waals surface area (Å²) < 4.78 is 10.4. The minimum atomic E-state index is -0.537. The Morgan fingerprint density at radius 1 is 1.29 bits per heavy atom. The topological polar surface area (TPSA) is 71.8 Å². The summed E-state index contributed by atoms with van der Waals surface area (Å²) in [6, 6.07) is 1.08. The molecule has 116 valence electrons.